The first-order valence-corrected chi connectivity index (χ1v) is 12.8. The summed E-state index contributed by atoms with van der Waals surface area (Å²) >= 11 is 0. The lowest BCUT2D eigenvalue weighted by atomic mass is 10.1. The van der Waals surface area contributed by atoms with Crippen molar-refractivity contribution in [3.8, 4) is 16.9 Å². The maximum absolute atomic E-state index is 12.3. The van der Waals surface area contributed by atoms with E-state index in [1.165, 1.54) is 31.7 Å². The molecule has 2 aromatic carbocycles. The molecule has 0 fully saturated rings. The van der Waals surface area contributed by atoms with Crippen molar-refractivity contribution in [2.45, 2.75) is 90.9 Å². The lowest BCUT2D eigenvalue weighted by molar-refractivity contribution is -0.134. The molecule has 0 unspecified atom stereocenters. The van der Waals surface area contributed by atoms with Gasteiger partial charge < -0.3 is 10.1 Å². The summed E-state index contributed by atoms with van der Waals surface area (Å²) in [5.74, 6) is -0.289. The molecule has 5 heteroatoms. The van der Waals surface area contributed by atoms with Gasteiger partial charge in [-0.1, -0.05) is 89.5 Å². The Bertz CT molecular complexity index is 953. The molecule has 0 aliphatic rings. The van der Waals surface area contributed by atoms with Gasteiger partial charge in [0.1, 0.15) is 0 Å². The summed E-state index contributed by atoms with van der Waals surface area (Å²) in [6.07, 6.45) is 11.7. The van der Waals surface area contributed by atoms with E-state index in [4.69, 9.17) is 4.74 Å². The quantitative estimate of drug-likeness (QED) is 0.222. The first-order chi connectivity index (χ1) is 16.5. The van der Waals surface area contributed by atoms with Crippen LogP contribution in [0.3, 0.4) is 0 Å². The summed E-state index contributed by atoms with van der Waals surface area (Å²) in [5, 5.41) is 2.94. The van der Waals surface area contributed by atoms with E-state index >= 15 is 0 Å². The topological polar surface area (TPSA) is 72.5 Å². The predicted molar refractivity (Wildman–Crippen MR) is 139 cm³/mol. The second-order valence-electron chi connectivity index (χ2n) is 8.78. The van der Waals surface area contributed by atoms with Crippen LogP contribution in [0.1, 0.15) is 90.9 Å². The van der Waals surface area contributed by atoms with E-state index in [0.717, 1.165) is 55.3 Å². The minimum atomic E-state index is -0.369. The Morgan fingerprint density at radius 1 is 0.676 bits per heavy atom. The number of carbonyl (C=O) groups excluding carboxylic acids is 2. The number of rotatable bonds is 15. The number of anilines is 1. The van der Waals surface area contributed by atoms with Crippen molar-refractivity contribution in [3.05, 3.63) is 58.8 Å². The molecule has 184 valence electrons. The Morgan fingerprint density at radius 3 is 1.82 bits per heavy atom. The second-order valence-corrected chi connectivity index (χ2v) is 8.78. The average Bonchev–Trinajstić information content (AvgIpc) is 3.01. The van der Waals surface area contributed by atoms with Crippen LogP contribution in [0, 0.1) is 0 Å². The summed E-state index contributed by atoms with van der Waals surface area (Å²) < 4.78 is 5.32. The predicted octanol–water partition coefficient (Wildman–Crippen LogP) is 7.28. The van der Waals surface area contributed by atoms with E-state index in [9.17, 15) is 14.4 Å². The van der Waals surface area contributed by atoms with Crippen molar-refractivity contribution in [1.82, 2.24) is 0 Å². The summed E-state index contributed by atoms with van der Waals surface area (Å²) in [5.41, 5.74) is 2.16. The summed E-state index contributed by atoms with van der Waals surface area (Å²) in [7, 11) is 0. The monoisotopic (exact) mass is 465 g/mol. The Morgan fingerprint density at radius 2 is 1.21 bits per heavy atom. The maximum atomic E-state index is 12.3. The molecule has 0 radical (unpaired) electrons. The molecule has 0 saturated carbocycles. The van der Waals surface area contributed by atoms with Gasteiger partial charge in [-0.25, -0.2) is 0 Å². The van der Waals surface area contributed by atoms with E-state index in [1.807, 2.05) is 24.3 Å². The zero-order chi connectivity index (χ0) is 24.6. The molecular formula is C29H39NO4. The maximum Gasteiger partial charge on any atom is 0.311 e. The number of carbonyl (C=O) groups is 2. The fraction of sp³-hybridized carbons (Fsp3) is 0.483. The molecule has 1 N–H and O–H groups in total. The SMILES string of the molecule is CCCCCCCC(=O)Nc1ccc(-c2ccc(OC(=O)CCCCCCC)c(=O)cc2)cc1. The largest absolute Gasteiger partial charge is 0.422 e. The molecule has 2 aromatic rings. The van der Waals surface area contributed by atoms with Crippen molar-refractivity contribution < 1.29 is 14.3 Å². The number of hydrogen-bond donors (Lipinski definition) is 1. The molecule has 0 bridgehead atoms. The van der Waals surface area contributed by atoms with Gasteiger partial charge in [-0.2, -0.15) is 0 Å². The van der Waals surface area contributed by atoms with Crippen LogP contribution in [0.25, 0.3) is 11.1 Å². The molecule has 34 heavy (non-hydrogen) atoms. The lowest BCUT2D eigenvalue weighted by Crippen LogP contribution is -2.12. The Balaban J connectivity index is 1.91. The highest BCUT2D eigenvalue weighted by atomic mass is 16.5. The first-order valence-electron chi connectivity index (χ1n) is 12.8. The van der Waals surface area contributed by atoms with Crippen LogP contribution < -0.4 is 15.5 Å². The zero-order valence-corrected chi connectivity index (χ0v) is 20.7. The number of esters is 1. The Hall–Kier alpha value is -2.95. The standard InChI is InChI=1S/C29H39NO4/c1-3-5-7-9-11-13-28(32)30-25-19-15-23(16-20-25)24-17-21-26(31)27(22-18-24)34-29(33)14-12-10-8-6-4-2/h15-22H,3-14H2,1-2H3,(H,30,32). The Kier molecular flexibility index (Phi) is 12.7. The van der Waals surface area contributed by atoms with Gasteiger partial charge in [0.2, 0.25) is 11.3 Å². The normalized spacial score (nSPS) is 10.6. The van der Waals surface area contributed by atoms with E-state index in [2.05, 4.69) is 19.2 Å². The lowest BCUT2D eigenvalue weighted by Gasteiger charge is -2.06. The van der Waals surface area contributed by atoms with E-state index in [-0.39, 0.29) is 23.1 Å². The number of unbranched alkanes of at least 4 members (excludes halogenated alkanes) is 8. The summed E-state index contributed by atoms with van der Waals surface area (Å²) in [6.45, 7) is 4.33. The van der Waals surface area contributed by atoms with E-state index in [1.54, 1.807) is 18.2 Å². The van der Waals surface area contributed by atoms with Crippen molar-refractivity contribution >= 4 is 17.6 Å². The molecular weight excluding hydrogens is 426 g/mol. The number of benzene rings is 1. The van der Waals surface area contributed by atoms with Crippen LogP contribution in [0.5, 0.6) is 5.75 Å². The summed E-state index contributed by atoms with van der Waals surface area (Å²) in [4.78, 5) is 36.6. The van der Waals surface area contributed by atoms with Gasteiger partial charge in [-0.15, -0.1) is 0 Å². The van der Waals surface area contributed by atoms with E-state index in [0.29, 0.717) is 12.8 Å². The molecule has 0 aromatic heterocycles. The van der Waals surface area contributed by atoms with E-state index < -0.39 is 0 Å². The van der Waals surface area contributed by atoms with Gasteiger partial charge in [0, 0.05) is 18.5 Å². The van der Waals surface area contributed by atoms with Crippen LogP contribution in [0.2, 0.25) is 0 Å². The van der Waals surface area contributed by atoms with Crippen molar-refractivity contribution in [2.75, 3.05) is 5.32 Å². The molecule has 1 amide bonds. The fourth-order valence-electron chi connectivity index (χ4n) is 3.73. The number of ether oxygens (including phenoxy) is 1. The third kappa shape index (κ3) is 10.3. The zero-order valence-electron chi connectivity index (χ0n) is 20.7. The van der Waals surface area contributed by atoms with Gasteiger partial charge in [0.15, 0.2) is 5.75 Å². The fourth-order valence-corrected chi connectivity index (χ4v) is 3.73. The average molecular weight is 466 g/mol. The molecule has 0 heterocycles. The van der Waals surface area contributed by atoms with Crippen LogP contribution >= 0.6 is 0 Å². The number of amides is 1. The van der Waals surface area contributed by atoms with Crippen LogP contribution in [-0.2, 0) is 9.59 Å². The van der Waals surface area contributed by atoms with Gasteiger partial charge in [-0.3, -0.25) is 14.4 Å². The highest BCUT2D eigenvalue weighted by Gasteiger charge is 2.08. The molecule has 2 rings (SSSR count). The molecule has 0 aliphatic heterocycles. The van der Waals surface area contributed by atoms with Crippen LogP contribution in [-0.4, -0.2) is 11.9 Å². The highest BCUT2D eigenvalue weighted by Crippen LogP contribution is 2.22. The van der Waals surface area contributed by atoms with Gasteiger partial charge in [0.05, 0.1) is 0 Å². The molecule has 0 saturated heterocycles. The van der Waals surface area contributed by atoms with Crippen molar-refractivity contribution in [3.63, 3.8) is 0 Å². The minimum absolute atomic E-state index is 0.0307. The van der Waals surface area contributed by atoms with Crippen molar-refractivity contribution in [2.24, 2.45) is 0 Å². The van der Waals surface area contributed by atoms with Crippen LogP contribution in [0.4, 0.5) is 5.69 Å². The molecule has 5 nitrogen and oxygen atoms in total. The van der Waals surface area contributed by atoms with Gasteiger partial charge in [-0.05, 0) is 48.2 Å². The second kappa shape index (κ2) is 15.8. The third-order valence-electron chi connectivity index (χ3n) is 5.79. The third-order valence-corrected chi connectivity index (χ3v) is 5.79. The Labute approximate surface area is 203 Å². The van der Waals surface area contributed by atoms with Crippen LogP contribution in [0.15, 0.2) is 53.3 Å². The molecule has 0 atom stereocenters. The number of nitrogens with one attached hydrogen (secondary N) is 1. The molecule has 0 aliphatic carbocycles. The number of hydrogen-bond acceptors (Lipinski definition) is 4. The highest BCUT2D eigenvalue weighted by molar-refractivity contribution is 5.91. The molecule has 0 spiro atoms. The minimum Gasteiger partial charge on any atom is -0.422 e. The van der Waals surface area contributed by atoms with Gasteiger partial charge >= 0.3 is 5.97 Å². The first kappa shape index (κ1) is 27.3. The van der Waals surface area contributed by atoms with Crippen molar-refractivity contribution in [1.29, 1.82) is 0 Å². The smallest absolute Gasteiger partial charge is 0.311 e. The van der Waals surface area contributed by atoms with Gasteiger partial charge in [0.25, 0.3) is 0 Å². The summed E-state index contributed by atoms with van der Waals surface area (Å²) in [6, 6.07) is 14.0.